The van der Waals surface area contributed by atoms with Gasteiger partial charge in [0.15, 0.2) is 0 Å². The molecule has 1 aliphatic rings. The molecule has 1 unspecified atom stereocenters. The lowest BCUT2D eigenvalue weighted by Crippen LogP contribution is -2.49. The van der Waals surface area contributed by atoms with Crippen LogP contribution >= 0.6 is 0 Å². The van der Waals surface area contributed by atoms with Crippen LogP contribution in [-0.4, -0.2) is 29.3 Å². The third-order valence-electron chi connectivity index (χ3n) is 4.41. The van der Waals surface area contributed by atoms with Crippen LogP contribution in [0.25, 0.3) is 0 Å². The van der Waals surface area contributed by atoms with Gasteiger partial charge in [0, 0.05) is 25.2 Å². The van der Waals surface area contributed by atoms with Crippen molar-refractivity contribution in [3.63, 3.8) is 0 Å². The summed E-state index contributed by atoms with van der Waals surface area (Å²) in [7, 11) is 0. The van der Waals surface area contributed by atoms with E-state index in [1.54, 1.807) is 4.90 Å². The molecule has 0 aromatic heterocycles. The zero-order valence-corrected chi connectivity index (χ0v) is 14.7. The van der Waals surface area contributed by atoms with Crippen molar-refractivity contribution in [2.24, 2.45) is 5.73 Å². The first kappa shape index (κ1) is 20.2. The van der Waals surface area contributed by atoms with Gasteiger partial charge in [-0.2, -0.15) is 13.2 Å². The van der Waals surface area contributed by atoms with Gasteiger partial charge in [-0.05, 0) is 49.4 Å². The summed E-state index contributed by atoms with van der Waals surface area (Å²) >= 11 is 0. The Morgan fingerprint density at radius 1 is 1.27 bits per heavy atom. The van der Waals surface area contributed by atoms with Crippen molar-refractivity contribution in [2.45, 2.75) is 57.8 Å². The maximum atomic E-state index is 13.0. The second-order valence-electron chi connectivity index (χ2n) is 6.46. The Kier molecular flexibility index (Phi) is 6.63. The van der Waals surface area contributed by atoms with Gasteiger partial charge in [-0.15, -0.1) is 0 Å². The van der Waals surface area contributed by atoms with Crippen molar-refractivity contribution >= 4 is 17.5 Å². The number of hydrogen-bond acceptors (Lipinski definition) is 3. The molecule has 0 aliphatic carbocycles. The number of alkyl halides is 3. The number of hydrogen-bond donors (Lipinski definition) is 2. The van der Waals surface area contributed by atoms with E-state index in [1.807, 2.05) is 6.92 Å². The molecule has 0 bridgehead atoms. The minimum absolute atomic E-state index is 0.0405. The number of anilines is 1. The largest absolute Gasteiger partial charge is 0.416 e. The molecule has 1 aromatic rings. The van der Waals surface area contributed by atoms with E-state index in [0.717, 1.165) is 25.0 Å². The summed E-state index contributed by atoms with van der Waals surface area (Å²) < 4.78 is 39.1. The molecule has 1 heterocycles. The number of rotatable bonds is 5. The number of likely N-dealkylation sites (tertiary alicyclic amines) is 1. The van der Waals surface area contributed by atoms with Gasteiger partial charge in [-0.1, -0.05) is 6.92 Å². The van der Waals surface area contributed by atoms with Crippen LogP contribution in [0.3, 0.4) is 0 Å². The monoisotopic (exact) mass is 371 g/mol. The number of carbonyl (C=O) groups excluding carboxylic acids is 2. The quantitative estimate of drug-likeness (QED) is 0.834. The number of nitrogens with zero attached hydrogens (tertiary/aromatic N) is 1. The fourth-order valence-electron chi connectivity index (χ4n) is 3.13. The van der Waals surface area contributed by atoms with Crippen LogP contribution in [0.15, 0.2) is 18.2 Å². The lowest BCUT2D eigenvalue weighted by atomic mass is 10.00. The van der Waals surface area contributed by atoms with E-state index in [9.17, 15) is 22.8 Å². The van der Waals surface area contributed by atoms with Crippen molar-refractivity contribution in [1.82, 2.24) is 4.90 Å². The molecule has 5 nitrogen and oxygen atoms in total. The SMILES string of the molecule is CCCC(=O)N1CCCCC1C(=O)Nc1cc(CN)cc(C(F)(F)F)c1. The van der Waals surface area contributed by atoms with Crippen LogP contribution < -0.4 is 11.1 Å². The number of benzene rings is 1. The first-order chi connectivity index (χ1) is 12.3. The predicted octanol–water partition coefficient (Wildman–Crippen LogP) is 3.28. The number of piperidine rings is 1. The molecule has 144 valence electrons. The van der Waals surface area contributed by atoms with Gasteiger partial charge in [0.1, 0.15) is 6.04 Å². The number of carbonyl (C=O) groups is 2. The summed E-state index contributed by atoms with van der Waals surface area (Å²) in [6, 6.07) is 2.62. The highest BCUT2D eigenvalue weighted by Gasteiger charge is 2.33. The standard InChI is InChI=1S/C18H24F3N3O2/c1-2-5-16(25)24-7-4-3-6-15(24)17(26)23-14-9-12(11-22)8-13(10-14)18(19,20)21/h8-10,15H,2-7,11,22H2,1H3,(H,23,26). The van der Waals surface area contributed by atoms with Crippen LogP contribution in [0.5, 0.6) is 0 Å². The highest BCUT2D eigenvalue weighted by molar-refractivity contribution is 5.97. The molecule has 0 radical (unpaired) electrons. The van der Waals surface area contributed by atoms with Crippen molar-refractivity contribution in [3.05, 3.63) is 29.3 Å². The molecule has 1 saturated heterocycles. The molecule has 1 aromatic carbocycles. The average Bonchev–Trinajstić information content (AvgIpc) is 2.60. The van der Waals surface area contributed by atoms with E-state index in [1.165, 1.54) is 6.07 Å². The number of halogens is 3. The van der Waals surface area contributed by atoms with Crippen molar-refractivity contribution in [2.75, 3.05) is 11.9 Å². The first-order valence-corrected chi connectivity index (χ1v) is 8.77. The molecule has 0 spiro atoms. The van der Waals surface area contributed by atoms with E-state index in [4.69, 9.17) is 5.73 Å². The zero-order chi connectivity index (χ0) is 19.3. The topological polar surface area (TPSA) is 75.4 Å². The molecule has 2 rings (SSSR count). The van der Waals surface area contributed by atoms with Gasteiger partial charge in [0.2, 0.25) is 11.8 Å². The van der Waals surface area contributed by atoms with E-state index in [2.05, 4.69) is 5.32 Å². The summed E-state index contributed by atoms with van der Waals surface area (Å²) in [6.45, 7) is 2.30. The van der Waals surface area contributed by atoms with Gasteiger partial charge < -0.3 is 16.0 Å². The maximum Gasteiger partial charge on any atom is 0.416 e. The molecule has 2 amide bonds. The Morgan fingerprint density at radius 2 is 2.00 bits per heavy atom. The minimum atomic E-state index is -4.53. The van der Waals surface area contributed by atoms with Crippen molar-refractivity contribution < 1.29 is 22.8 Å². The maximum absolute atomic E-state index is 13.0. The van der Waals surface area contributed by atoms with Gasteiger partial charge >= 0.3 is 6.18 Å². The van der Waals surface area contributed by atoms with Gasteiger partial charge in [0.25, 0.3) is 0 Å². The average molecular weight is 371 g/mol. The number of amides is 2. The van der Waals surface area contributed by atoms with Crippen LogP contribution in [-0.2, 0) is 22.3 Å². The Balaban J connectivity index is 2.21. The second-order valence-corrected chi connectivity index (χ2v) is 6.46. The van der Waals surface area contributed by atoms with Crippen LogP contribution in [0.2, 0.25) is 0 Å². The van der Waals surface area contributed by atoms with Crippen LogP contribution in [0, 0.1) is 0 Å². The number of nitrogens with one attached hydrogen (secondary N) is 1. The Morgan fingerprint density at radius 3 is 2.62 bits per heavy atom. The van der Waals surface area contributed by atoms with E-state index in [-0.39, 0.29) is 23.7 Å². The third kappa shape index (κ3) is 4.97. The normalized spacial score (nSPS) is 17.9. The summed E-state index contributed by atoms with van der Waals surface area (Å²) in [5, 5.41) is 2.54. The highest BCUT2D eigenvalue weighted by atomic mass is 19.4. The summed E-state index contributed by atoms with van der Waals surface area (Å²) in [6.07, 6.45) is -1.38. The van der Waals surface area contributed by atoms with E-state index < -0.39 is 23.7 Å². The summed E-state index contributed by atoms with van der Waals surface area (Å²) in [5.74, 6) is -0.560. The fourth-order valence-corrected chi connectivity index (χ4v) is 3.13. The Bertz CT molecular complexity index is 662. The molecule has 1 fully saturated rings. The van der Waals surface area contributed by atoms with Gasteiger partial charge in [0.05, 0.1) is 5.56 Å². The molecule has 3 N–H and O–H groups in total. The highest BCUT2D eigenvalue weighted by Crippen LogP contribution is 2.32. The zero-order valence-electron chi connectivity index (χ0n) is 14.7. The van der Waals surface area contributed by atoms with Crippen LogP contribution in [0.4, 0.5) is 18.9 Å². The molecule has 1 aliphatic heterocycles. The summed E-state index contributed by atoms with van der Waals surface area (Å²) in [4.78, 5) is 26.4. The lowest BCUT2D eigenvalue weighted by molar-refractivity contribution is -0.140. The van der Waals surface area contributed by atoms with Crippen molar-refractivity contribution in [3.8, 4) is 0 Å². The minimum Gasteiger partial charge on any atom is -0.331 e. The van der Waals surface area contributed by atoms with E-state index in [0.29, 0.717) is 25.8 Å². The molecular weight excluding hydrogens is 347 g/mol. The first-order valence-electron chi connectivity index (χ1n) is 8.77. The molecule has 0 saturated carbocycles. The van der Waals surface area contributed by atoms with E-state index >= 15 is 0 Å². The molecule has 8 heteroatoms. The van der Waals surface area contributed by atoms with Crippen LogP contribution in [0.1, 0.15) is 50.2 Å². The third-order valence-corrected chi connectivity index (χ3v) is 4.41. The van der Waals surface area contributed by atoms with Gasteiger partial charge in [-0.25, -0.2) is 0 Å². The van der Waals surface area contributed by atoms with Gasteiger partial charge in [-0.3, -0.25) is 9.59 Å². The summed E-state index contributed by atoms with van der Waals surface area (Å²) in [5.41, 5.74) is 4.92. The predicted molar refractivity (Wildman–Crippen MR) is 92.2 cm³/mol. The second kappa shape index (κ2) is 8.53. The molecule has 26 heavy (non-hydrogen) atoms. The Hall–Kier alpha value is -2.09. The number of nitrogens with two attached hydrogens (primary N) is 1. The van der Waals surface area contributed by atoms with Crippen molar-refractivity contribution in [1.29, 1.82) is 0 Å². The fraction of sp³-hybridized carbons (Fsp3) is 0.556. The smallest absolute Gasteiger partial charge is 0.331 e. The molecule has 1 atom stereocenters. The molecular formula is C18H24F3N3O2. The lowest BCUT2D eigenvalue weighted by Gasteiger charge is -2.34. The Labute approximate surface area is 150 Å².